The van der Waals surface area contributed by atoms with Crippen LogP contribution in [0.4, 0.5) is 11.4 Å². The minimum Gasteiger partial charge on any atom is -0.339 e. The molecule has 0 spiro atoms. The lowest BCUT2D eigenvalue weighted by atomic mass is 10.1. The van der Waals surface area contributed by atoms with Gasteiger partial charge in [0.25, 0.3) is 17.5 Å². The number of rotatable bonds is 6. The van der Waals surface area contributed by atoms with E-state index in [0.29, 0.717) is 29.9 Å². The summed E-state index contributed by atoms with van der Waals surface area (Å²) in [5.74, 6) is -0.586. The van der Waals surface area contributed by atoms with E-state index in [2.05, 4.69) is 5.32 Å². The molecule has 2 amide bonds. The summed E-state index contributed by atoms with van der Waals surface area (Å²) in [4.78, 5) is 37.0. The molecule has 0 saturated heterocycles. The maximum absolute atomic E-state index is 12.4. The molecule has 26 heavy (non-hydrogen) atoms. The van der Waals surface area contributed by atoms with Gasteiger partial charge in [0.2, 0.25) is 0 Å². The molecule has 7 heteroatoms. The molecule has 0 bridgehead atoms. The van der Waals surface area contributed by atoms with Gasteiger partial charge in [0.05, 0.1) is 4.92 Å². The standard InChI is InChI=1S/C19H21N3O4/c1-4-21(5-2)19(24)15-7-6-8-16(11-15)20-18(23)14-10-9-13(3)17(12-14)22(25)26/h6-12H,4-5H2,1-3H3,(H,20,23). The Labute approximate surface area is 151 Å². The number of nitrogens with one attached hydrogen (secondary N) is 1. The normalized spacial score (nSPS) is 10.3. The van der Waals surface area contributed by atoms with E-state index in [1.54, 1.807) is 36.1 Å². The first-order chi connectivity index (χ1) is 12.4. The van der Waals surface area contributed by atoms with Crippen molar-refractivity contribution in [1.82, 2.24) is 4.90 Å². The summed E-state index contributed by atoms with van der Waals surface area (Å²) in [7, 11) is 0. The van der Waals surface area contributed by atoms with Crippen LogP contribution in [0.15, 0.2) is 42.5 Å². The van der Waals surface area contributed by atoms with Gasteiger partial charge in [-0.2, -0.15) is 0 Å². The van der Waals surface area contributed by atoms with Crippen LogP contribution in [0.1, 0.15) is 40.1 Å². The quantitative estimate of drug-likeness (QED) is 0.632. The second-order valence-electron chi connectivity index (χ2n) is 5.77. The minimum atomic E-state index is -0.518. The molecule has 0 aromatic heterocycles. The maximum Gasteiger partial charge on any atom is 0.273 e. The van der Waals surface area contributed by atoms with Gasteiger partial charge in [0.15, 0.2) is 0 Å². The maximum atomic E-state index is 12.4. The molecule has 0 saturated carbocycles. The highest BCUT2D eigenvalue weighted by atomic mass is 16.6. The fourth-order valence-corrected chi connectivity index (χ4v) is 2.57. The molecule has 0 heterocycles. The molecule has 0 unspecified atom stereocenters. The SMILES string of the molecule is CCN(CC)C(=O)c1cccc(NC(=O)c2ccc(C)c([N+](=O)[O-])c2)c1. The van der Waals surface area contributed by atoms with Gasteiger partial charge in [-0.1, -0.05) is 12.1 Å². The molecule has 0 aliphatic carbocycles. The zero-order valence-electron chi connectivity index (χ0n) is 15.0. The van der Waals surface area contributed by atoms with Crippen LogP contribution in [-0.2, 0) is 0 Å². The molecule has 1 N–H and O–H groups in total. The van der Waals surface area contributed by atoms with E-state index in [0.717, 1.165) is 0 Å². The molecule has 0 aliphatic heterocycles. The fraction of sp³-hybridized carbons (Fsp3) is 0.263. The first-order valence-electron chi connectivity index (χ1n) is 8.33. The molecule has 0 fully saturated rings. The van der Waals surface area contributed by atoms with Crippen LogP contribution in [0.2, 0.25) is 0 Å². The van der Waals surface area contributed by atoms with Crippen molar-refractivity contribution >= 4 is 23.2 Å². The van der Waals surface area contributed by atoms with Gasteiger partial charge in [0, 0.05) is 41.5 Å². The molecule has 0 atom stereocenters. The number of hydrogen-bond acceptors (Lipinski definition) is 4. The number of nitro benzene ring substituents is 1. The predicted octanol–water partition coefficient (Wildman–Crippen LogP) is 3.64. The first kappa shape index (κ1) is 19.1. The van der Waals surface area contributed by atoms with Crippen molar-refractivity contribution in [2.24, 2.45) is 0 Å². The molecule has 0 aliphatic rings. The highest BCUT2D eigenvalue weighted by Crippen LogP contribution is 2.20. The van der Waals surface area contributed by atoms with Crippen LogP contribution >= 0.6 is 0 Å². The Morgan fingerprint density at radius 2 is 1.77 bits per heavy atom. The molecule has 7 nitrogen and oxygen atoms in total. The first-order valence-corrected chi connectivity index (χ1v) is 8.33. The smallest absolute Gasteiger partial charge is 0.273 e. The van der Waals surface area contributed by atoms with Crippen molar-refractivity contribution in [3.05, 3.63) is 69.3 Å². The van der Waals surface area contributed by atoms with E-state index in [1.165, 1.54) is 18.2 Å². The van der Waals surface area contributed by atoms with Gasteiger partial charge in [0.1, 0.15) is 0 Å². The molecule has 2 aromatic carbocycles. The number of amides is 2. The molecule has 0 radical (unpaired) electrons. The molecular weight excluding hydrogens is 334 g/mol. The Kier molecular flexibility index (Phi) is 6.06. The van der Waals surface area contributed by atoms with E-state index >= 15 is 0 Å². The zero-order valence-corrected chi connectivity index (χ0v) is 15.0. The topological polar surface area (TPSA) is 92.6 Å². The van der Waals surface area contributed by atoms with Crippen LogP contribution in [0.3, 0.4) is 0 Å². The fourth-order valence-electron chi connectivity index (χ4n) is 2.57. The van der Waals surface area contributed by atoms with Crippen LogP contribution in [0.25, 0.3) is 0 Å². The third-order valence-corrected chi connectivity index (χ3v) is 4.09. The van der Waals surface area contributed by atoms with Gasteiger partial charge < -0.3 is 10.2 Å². The van der Waals surface area contributed by atoms with Crippen LogP contribution in [0, 0.1) is 17.0 Å². The monoisotopic (exact) mass is 355 g/mol. The summed E-state index contributed by atoms with van der Waals surface area (Å²) in [5, 5.41) is 13.7. The number of anilines is 1. The van der Waals surface area contributed by atoms with Crippen molar-refractivity contribution in [3.63, 3.8) is 0 Å². The Bertz CT molecular complexity index is 844. The van der Waals surface area contributed by atoms with E-state index in [9.17, 15) is 19.7 Å². The summed E-state index contributed by atoms with van der Waals surface area (Å²) in [6.45, 7) is 6.61. The molecule has 136 valence electrons. The predicted molar refractivity (Wildman–Crippen MR) is 99.5 cm³/mol. The van der Waals surface area contributed by atoms with Gasteiger partial charge >= 0.3 is 0 Å². The Morgan fingerprint density at radius 3 is 2.38 bits per heavy atom. The number of nitrogens with zero attached hydrogens (tertiary/aromatic N) is 2. The number of carbonyl (C=O) groups is 2. The van der Waals surface area contributed by atoms with Crippen molar-refractivity contribution in [2.45, 2.75) is 20.8 Å². The lowest BCUT2D eigenvalue weighted by molar-refractivity contribution is -0.385. The third-order valence-electron chi connectivity index (χ3n) is 4.09. The average Bonchev–Trinajstić information content (AvgIpc) is 2.62. The van der Waals surface area contributed by atoms with Gasteiger partial charge in [-0.25, -0.2) is 0 Å². The molecule has 2 rings (SSSR count). The summed E-state index contributed by atoms with van der Waals surface area (Å²) < 4.78 is 0. The molecule has 2 aromatic rings. The number of nitro groups is 1. The minimum absolute atomic E-state index is 0.108. The third kappa shape index (κ3) is 4.24. The van der Waals surface area contributed by atoms with Crippen LogP contribution < -0.4 is 5.32 Å². The Hall–Kier alpha value is -3.22. The van der Waals surface area contributed by atoms with E-state index in [-0.39, 0.29) is 17.2 Å². The second kappa shape index (κ2) is 8.24. The highest BCUT2D eigenvalue weighted by molar-refractivity contribution is 6.05. The summed E-state index contributed by atoms with van der Waals surface area (Å²) >= 11 is 0. The van der Waals surface area contributed by atoms with Crippen LogP contribution in [-0.4, -0.2) is 34.7 Å². The highest BCUT2D eigenvalue weighted by Gasteiger charge is 2.16. The Balaban J connectivity index is 2.22. The van der Waals surface area contributed by atoms with Crippen molar-refractivity contribution in [1.29, 1.82) is 0 Å². The average molecular weight is 355 g/mol. The lowest BCUT2D eigenvalue weighted by Crippen LogP contribution is -2.30. The number of benzene rings is 2. The van der Waals surface area contributed by atoms with Crippen molar-refractivity contribution < 1.29 is 14.5 Å². The summed E-state index contributed by atoms with van der Waals surface area (Å²) in [5.41, 5.74) is 1.49. The molecular formula is C19H21N3O4. The van der Waals surface area contributed by atoms with E-state index < -0.39 is 10.8 Å². The summed E-state index contributed by atoms with van der Waals surface area (Å²) in [6.07, 6.45) is 0. The lowest BCUT2D eigenvalue weighted by Gasteiger charge is -2.19. The van der Waals surface area contributed by atoms with Gasteiger partial charge in [-0.3, -0.25) is 19.7 Å². The zero-order chi connectivity index (χ0) is 19.3. The van der Waals surface area contributed by atoms with Crippen molar-refractivity contribution in [2.75, 3.05) is 18.4 Å². The van der Waals surface area contributed by atoms with E-state index in [1.807, 2.05) is 13.8 Å². The second-order valence-corrected chi connectivity index (χ2v) is 5.77. The van der Waals surface area contributed by atoms with Gasteiger partial charge in [-0.05, 0) is 45.0 Å². The number of aryl methyl sites for hydroxylation is 1. The number of carbonyl (C=O) groups excluding carboxylic acids is 2. The Morgan fingerprint density at radius 1 is 1.08 bits per heavy atom. The largest absolute Gasteiger partial charge is 0.339 e. The number of hydrogen-bond donors (Lipinski definition) is 1. The summed E-state index contributed by atoms with van der Waals surface area (Å²) in [6, 6.07) is 10.9. The van der Waals surface area contributed by atoms with Crippen LogP contribution in [0.5, 0.6) is 0 Å². The van der Waals surface area contributed by atoms with Crippen molar-refractivity contribution in [3.8, 4) is 0 Å². The van der Waals surface area contributed by atoms with E-state index in [4.69, 9.17) is 0 Å². The van der Waals surface area contributed by atoms with Gasteiger partial charge in [-0.15, -0.1) is 0 Å².